The van der Waals surface area contributed by atoms with Gasteiger partial charge in [-0.3, -0.25) is 10.1 Å². The highest BCUT2D eigenvalue weighted by Crippen LogP contribution is 2.21. The number of hydrogen-bond acceptors (Lipinski definition) is 3. The Morgan fingerprint density at radius 3 is 2.56 bits per heavy atom. The number of carbonyl (C=O) groups excluding carboxylic acids is 1. The number of benzene rings is 2. The van der Waals surface area contributed by atoms with Gasteiger partial charge in [0.15, 0.2) is 0 Å². The van der Waals surface area contributed by atoms with E-state index in [2.05, 4.69) is 17.2 Å². The van der Waals surface area contributed by atoms with Crippen molar-refractivity contribution in [3.63, 3.8) is 0 Å². The summed E-state index contributed by atoms with van der Waals surface area (Å²) in [4.78, 5) is 17.1. The van der Waals surface area contributed by atoms with Crippen molar-refractivity contribution in [2.75, 3.05) is 5.32 Å². The van der Waals surface area contributed by atoms with Crippen molar-refractivity contribution in [3.05, 3.63) is 54.1 Å². The van der Waals surface area contributed by atoms with E-state index in [0.29, 0.717) is 11.5 Å². The molecule has 0 unspecified atom stereocenters. The van der Waals surface area contributed by atoms with Crippen LogP contribution in [0.3, 0.4) is 0 Å². The summed E-state index contributed by atoms with van der Waals surface area (Å²) in [6.07, 6.45) is 1.07. The predicted molar refractivity (Wildman–Crippen MR) is 100 cm³/mol. The summed E-state index contributed by atoms with van der Waals surface area (Å²) in [5.74, 6) is 1.16. The van der Waals surface area contributed by atoms with Gasteiger partial charge in [-0.1, -0.05) is 19.1 Å². The van der Waals surface area contributed by atoms with E-state index in [1.807, 2.05) is 54.8 Å². The van der Waals surface area contributed by atoms with Crippen LogP contribution in [0.1, 0.15) is 37.6 Å². The number of hydrogen-bond donors (Lipinski definition) is 1. The van der Waals surface area contributed by atoms with Gasteiger partial charge in [0.25, 0.3) is 5.91 Å². The van der Waals surface area contributed by atoms with Gasteiger partial charge in [0.1, 0.15) is 5.75 Å². The van der Waals surface area contributed by atoms with Crippen molar-refractivity contribution in [2.24, 2.45) is 0 Å². The summed E-state index contributed by atoms with van der Waals surface area (Å²) >= 11 is 0. The molecule has 0 atom stereocenters. The second-order valence-corrected chi connectivity index (χ2v) is 6.22. The molecule has 0 aliphatic heterocycles. The van der Waals surface area contributed by atoms with E-state index in [1.54, 1.807) is 12.1 Å². The number of nitrogens with zero attached hydrogens (tertiary/aromatic N) is 2. The maximum atomic E-state index is 12.6. The van der Waals surface area contributed by atoms with E-state index in [1.165, 1.54) is 0 Å². The van der Waals surface area contributed by atoms with Gasteiger partial charge in [0.2, 0.25) is 5.95 Å². The fraction of sp³-hybridized carbons (Fsp3) is 0.300. The Morgan fingerprint density at radius 1 is 1.16 bits per heavy atom. The average molecular weight is 337 g/mol. The number of fused-ring (bicyclic) bond motifs is 1. The molecule has 1 heterocycles. The number of nitrogens with one attached hydrogen (secondary N) is 1. The third-order valence-corrected chi connectivity index (χ3v) is 3.82. The first kappa shape index (κ1) is 17.0. The lowest BCUT2D eigenvalue weighted by Crippen LogP contribution is -2.16. The molecule has 0 aliphatic carbocycles. The number of aromatic nitrogens is 2. The van der Waals surface area contributed by atoms with E-state index in [0.717, 1.165) is 29.7 Å². The number of para-hydroxylation sites is 2. The number of imidazole rings is 1. The third kappa shape index (κ3) is 3.82. The van der Waals surface area contributed by atoms with Crippen LogP contribution >= 0.6 is 0 Å². The van der Waals surface area contributed by atoms with Crippen molar-refractivity contribution in [1.29, 1.82) is 0 Å². The van der Waals surface area contributed by atoms with E-state index >= 15 is 0 Å². The Kier molecular flexibility index (Phi) is 5.03. The largest absolute Gasteiger partial charge is 0.491 e. The molecule has 25 heavy (non-hydrogen) atoms. The molecule has 0 spiro atoms. The lowest BCUT2D eigenvalue weighted by molar-refractivity contribution is 0.102. The van der Waals surface area contributed by atoms with Gasteiger partial charge in [-0.25, -0.2) is 4.98 Å². The Bertz CT molecular complexity index is 866. The Hall–Kier alpha value is -2.82. The van der Waals surface area contributed by atoms with Crippen LogP contribution < -0.4 is 10.1 Å². The van der Waals surface area contributed by atoms with Crippen LogP contribution in [0.15, 0.2) is 48.5 Å². The minimum atomic E-state index is -0.177. The van der Waals surface area contributed by atoms with Crippen molar-refractivity contribution < 1.29 is 9.53 Å². The number of rotatable bonds is 6. The molecule has 0 radical (unpaired) electrons. The van der Waals surface area contributed by atoms with Gasteiger partial charge in [-0.2, -0.15) is 0 Å². The first-order valence-electron chi connectivity index (χ1n) is 8.62. The molecule has 3 aromatic rings. The maximum Gasteiger partial charge on any atom is 0.257 e. The second-order valence-electron chi connectivity index (χ2n) is 6.22. The summed E-state index contributed by atoms with van der Waals surface area (Å²) in [6, 6.07) is 15.0. The first-order chi connectivity index (χ1) is 12.1. The lowest BCUT2D eigenvalue weighted by atomic mass is 10.2. The molecule has 130 valence electrons. The average Bonchev–Trinajstić information content (AvgIpc) is 2.93. The molecule has 5 nitrogen and oxygen atoms in total. The number of ether oxygens (including phenoxy) is 1. The number of anilines is 1. The standard InChI is InChI=1S/C20H23N3O2/c1-4-13-23-18-8-6-5-7-17(18)21-20(23)22-19(24)15-9-11-16(12-10-15)25-14(2)3/h5-12,14H,4,13H2,1-3H3,(H,21,22,24). The molecule has 1 aromatic heterocycles. The SMILES string of the molecule is CCCn1c(NC(=O)c2ccc(OC(C)C)cc2)nc2ccccc21. The molecule has 0 saturated carbocycles. The number of carbonyl (C=O) groups is 1. The molecular weight excluding hydrogens is 314 g/mol. The van der Waals surface area contributed by atoms with Gasteiger partial charge in [-0.15, -0.1) is 0 Å². The van der Waals surface area contributed by atoms with Crippen LogP contribution in [0, 0.1) is 0 Å². The summed E-state index contributed by atoms with van der Waals surface area (Å²) in [5, 5.41) is 2.93. The van der Waals surface area contributed by atoms with Gasteiger partial charge in [-0.05, 0) is 56.7 Å². The third-order valence-electron chi connectivity index (χ3n) is 3.82. The molecule has 0 bridgehead atoms. The monoisotopic (exact) mass is 337 g/mol. The molecule has 2 aromatic carbocycles. The number of aryl methyl sites for hydroxylation is 1. The van der Waals surface area contributed by atoms with Crippen LogP contribution in [0.5, 0.6) is 5.75 Å². The Labute approximate surface area is 147 Å². The second kappa shape index (κ2) is 7.38. The minimum absolute atomic E-state index is 0.105. The van der Waals surface area contributed by atoms with Crippen LogP contribution in [-0.2, 0) is 6.54 Å². The quantitative estimate of drug-likeness (QED) is 0.721. The van der Waals surface area contributed by atoms with Crippen molar-refractivity contribution in [1.82, 2.24) is 9.55 Å². The summed E-state index contributed by atoms with van der Waals surface area (Å²) in [7, 11) is 0. The number of amides is 1. The smallest absolute Gasteiger partial charge is 0.257 e. The zero-order chi connectivity index (χ0) is 17.8. The Morgan fingerprint density at radius 2 is 1.88 bits per heavy atom. The van der Waals surface area contributed by atoms with Crippen LogP contribution in [0.4, 0.5) is 5.95 Å². The minimum Gasteiger partial charge on any atom is -0.491 e. The Balaban J connectivity index is 1.83. The molecule has 3 rings (SSSR count). The maximum absolute atomic E-state index is 12.6. The topological polar surface area (TPSA) is 56.2 Å². The van der Waals surface area contributed by atoms with Crippen molar-refractivity contribution >= 4 is 22.9 Å². The van der Waals surface area contributed by atoms with Gasteiger partial charge < -0.3 is 9.30 Å². The first-order valence-corrected chi connectivity index (χ1v) is 8.62. The zero-order valence-electron chi connectivity index (χ0n) is 14.8. The molecule has 0 saturated heterocycles. The van der Waals surface area contributed by atoms with E-state index in [-0.39, 0.29) is 12.0 Å². The molecule has 5 heteroatoms. The van der Waals surface area contributed by atoms with E-state index in [4.69, 9.17) is 4.74 Å². The van der Waals surface area contributed by atoms with Crippen molar-refractivity contribution in [3.8, 4) is 5.75 Å². The zero-order valence-corrected chi connectivity index (χ0v) is 14.8. The van der Waals surface area contributed by atoms with Crippen LogP contribution in [-0.4, -0.2) is 21.6 Å². The van der Waals surface area contributed by atoms with Crippen LogP contribution in [0.25, 0.3) is 11.0 Å². The fourth-order valence-corrected chi connectivity index (χ4v) is 2.75. The van der Waals surface area contributed by atoms with Crippen molar-refractivity contribution in [2.45, 2.75) is 39.8 Å². The molecular formula is C20H23N3O2. The molecule has 0 fully saturated rings. The summed E-state index contributed by atoms with van der Waals surface area (Å²) in [5.41, 5.74) is 2.48. The van der Waals surface area contributed by atoms with Gasteiger partial charge in [0, 0.05) is 12.1 Å². The van der Waals surface area contributed by atoms with E-state index < -0.39 is 0 Å². The summed E-state index contributed by atoms with van der Waals surface area (Å²) < 4.78 is 7.66. The van der Waals surface area contributed by atoms with Crippen LogP contribution in [0.2, 0.25) is 0 Å². The van der Waals surface area contributed by atoms with E-state index in [9.17, 15) is 4.79 Å². The molecule has 1 amide bonds. The summed E-state index contributed by atoms with van der Waals surface area (Å²) in [6.45, 7) is 6.85. The molecule has 1 N–H and O–H groups in total. The normalized spacial score (nSPS) is 11.0. The lowest BCUT2D eigenvalue weighted by Gasteiger charge is -2.11. The molecule has 0 aliphatic rings. The van der Waals surface area contributed by atoms with Gasteiger partial charge in [0.05, 0.1) is 17.1 Å². The van der Waals surface area contributed by atoms with Gasteiger partial charge >= 0.3 is 0 Å². The fourth-order valence-electron chi connectivity index (χ4n) is 2.75. The highest BCUT2D eigenvalue weighted by Gasteiger charge is 2.14. The predicted octanol–water partition coefficient (Wildman–Crippen LogP) is 4.49. The highest BCUT2D eigenvalue weighted by atomic mass is 16.5. The highest BCUT2D eigenvalue weighted by molar-refractivity contribution is 6.04.